The summed E-state index contributed by atoms with van der Waals surface area (Å²) in [7, 11) is 4.81. The molecule has 1 N–H and O–H groups in total. The van der Waals surface area contributed by atoms with E-state index >= 15 is 0 Å². The minimum absolute atomic E-state index is 0.0574. The van der Waals surface area contributed by atoms with Crippen LogP contribution >= 0.6 is 0 Å². The predicted octanol–water partition coefficient (Wildman–Crippen LogP) is 3.61. The predicted molar refractivity (Wildman–Crippen MR) is 106 cm³/mol. The van der Waals surface area contributed by atoms with E-state index in [9.17, 15) is 9.59 Å². The Labute approximate surface area is 162 Å². The number of hydrogen-bond donors (Lipinski definition) is 1. The third kappa shape index (κ3) is 4.03. The lowest BCUT2D eigenvalue weighted by atomic mass is 10.1. The molecule has 0 unspecified atom stereocenters. The summed E-state index contributed by atoms with van der Waals surface area (Å²) in [6.07, 6.45) is 0. The van der Waals surface area contributed by atoms with Crippen molar-refractivity contribution in [2.45, 2.75) is 6.92 Å². The van der Waals surface area contributed by atoms with Crippen LogP contribution in [0.2, 0.25) is 0 Å². The first kappa shape index (κ1) is 19.2. The van der Waals surface area contributed by atoms with Gasteiger partial charge in [-0.25, -0.2) is 0 Å². The molecule has 7 nitrogen and oxygen atoms in total. The van der Waals surface area contributed by atoms with Gasteiger partial charge in [-0.1, -0.05) is 35.0 Å². The molecular formula is C21H21N3O4. The van der Waals surface area contributed by atoms with E-state index < -0.39 is 5.91 Å². The third-order valence-electron chi connectivity index (χ3n) is 4.18. The molecular weight excluding hydrogens is 358 g/mol. The average Bonchev–Trinajstić information content (AvgIpc) is 3.18. The van der Waals surface area contributed by atoms with Crippen LogP contribution in [0.25, 0.3) is 11.3 Å². The second kappa shape index (κ2) is 7.96. The Morgan fingerprint density at radius 2 is 1.79 bits per heavy atom. The number of benzene rings is 2. The summed E-state index contributed by atoms with van der Waals surface area (Å²) in [5.41, 5.74) is 3.34. The molecule has 0 aliphatic carbocycles. The van der Waals surface area contributed by atoms with Crippen molar-refractivity contribution < 1.29 is 18.8 Å². The van der Waals surface area contributed by atoms with E-state index in [2.05, 4.69) is 10.5 Å². The molecule has 0 aliphatic rings. The molecule has 7 heteroatoms. The molecule has 28 heavy (non-hydrogen) atoms. The Balaban J connectivity index is 1.84. The lowest BCUT2D eigenvalue weighted by molar-refractivity contribution is 0.0827. The monoisotopic (exact) mass is 379 g/mol. The molecule has 0 fully saturated rings. The highest BCUT2D eigenvalue weighted by atomic mass is 16.5. The standard InChI is InChI=1S/C21H21N3O4/c1-13-5-7-14(8-6-13)16-12-19(28-23-16)20(25)22-17-11-15(21(26)24(2)3)9-10-18(17)27-4/h5-12H,1-4H3,(H,22,25). The lowest BCUT2D eigenvalue weighted by Gasteiger charge is -2.14. The lowest BCUT2D eigenvalue weighted by Crippen LogP contribution is -2.22. The van der Waals surface area contributed by atoms with Crippen LogP contribution in [0.3, 0.4) is 0 Å². The van der Waals surface area contributed by atoms with Gasteiger partial charge in [-0.2, -0.15) is 0 Å². The summed E-state index contributed by atoms with van der Waals surface area (Å²) < 4.78 is 10.5. The number of rotatable bonds is 5. The maximum Gasteiger partial charge on any atom is 0.294 e. The number of amides is 2. The summed E-state index contributed by atoms with van der Waals surface area (Å²) in [5.74, 6) is -0.179. The number of nitrogens with one attached hydrogen (secondary N) is 1. The number of nitrogens with zero attached hydrogens (tertiary/aromatic N) is 2. The fourth-order valence-electron chi connectivity index (χ4n) is 2.62. The van der Waals surface area contributed by atoms with Crippen molar-refractivity contribution >= 4 is 17.5 Å². The number of aromatic nitrogens is 1. The van der Waals surface area contributed by atoms with E-state index in [1.54, 1.807) is 38.4 Å². The molecule has 0 spiro atoms. The molecule has 0 atom stereocenters. The Morgan fingerprint density at radius 3 is 2.43 bits per heavy atom. The largest absolute Gasteiger partial charge is 0.495 e. The van der Waals surface area contributed by atoms with Crippen LogP contribution in [-0.4, -0.2) is 43.1 Å². The van der Waals surface area contributed by atoms with Gasteiger partial charge in [0.2, 0.25) is 5.76 Å². The first-order valence-electron chi connectivity index (χ1n) is 8.64. The van der Waals surface area contributed by atoms with Crippen LogP contribution in [0.4, 0.5) is 5.69 Å². The minimum atomic E-state index is -0.487. The van der Waals surface area contributed by atoms with E-state index in [0.29, 0.717) is 22.7 Å². The van der Waals surface area contributed by atoms with Gasteiger partial charge in [-0.05, 0) is 25.1 Å². The molecule has 3 aromatic rings. The number of methoxy groups -OCH3 is 1. The van der Waals surface area contributed by atoms with Crippen LogP contribution < -0.4 is 10.1 Å². The third-order valence-corrected chi connectivity index (χ3v) is 4.18. The van der Waals surface area contributed by atoms with E-state index in [1.807, 2.05) is 31.2 Å². The highest BCUT2D eigenvalue weighted by Crippen LogP contribution is 2.27. The number of aryl methyl sites for hydroxylation is 1. The van der Waals surface area contributed by atoms with Crippen molar-refractivity contribution in [3.8, 4) is 17.0 Å². The van der Waals surface area contributed by atoms with Crippen LogP contribution in [0.1, 0.15) is 26.5 Å². The molecule has 0 radical (unpaired) electrons. The van der Waals surface area contributed by atoms with Crippen molar-refractivity contribution in [3.63, 3.8) is 0 Å². The molecule has 1 aromatic heterocycles. The highest BCUT2D eigenvalue weighted by molar-refractivity contribution is 6.04. The smallest absolute Gasteiger partial charge is 0.294 e. The second-order valence-electron chi connectivity index (χ2n) is 6.51. The SMILES string of the molecule is COc1ccc(C(=O)N(C)C)cc1NC(=O)c1cc(-c2ccc(C)cc2)no1. The van der Waals surface area contributed by atoms with Crippen molar-refractivity contribution in [1.29, 1.82) is 0 Å². The number of hydrogen-bond acceptors (Lipinski definition) is 5. The quantitative estimate of drug-likeness (QED) is 0.732. The Hall–Kier alpha value is -3.61. The topological polar surface area (TPSA) is 84.7 Å². The van der Waals surface area contributed by atoms with Gasteiger partial charge < -0.3 is 19.5 Å². The summed E-state index contributed by atoms with van der Waals surface area (Å²) >= 11 is 0. The van der Waals surface area contributed by atoms with Crippen molar-refractivity contribution in [3.05, 3.63) is 65.4 Å². The van der Waals surface area contributed by atoms with Gasteiger partial charge in [0.1, 0.15) is 11.4 Å². The van der Waals surface area contributed by atoms with E-state index in [0.717, 1.165) is 11.1 Å². The number of ether oxygens (including phenoxy) is 1. The molecule has 3 rings (SSSR count). The first-order valence-corrected chi connectivity index (χ1v) is 8.64. The molecule has 0 aliphatic heterocycles. The van der Waals surface area contributed by atoms with E-state index in [4.69, 9.17) is 9.26 Å². The zero-order valence-corrected chi connectivity index (χ0v) is 16.1. The van der Waals surface area contributed by atoms with Gasteiger partial charge >= 0.3 is 0 Å². The Morgan fingerprint density at radius 1 is 1.07 bits per heavy atom. The van der Waals surface area contributed by atoms with Crippen LogP contribution in [0.15, 0.2) is 53.1 Å². The van der Waals surface area contributed by atoms with Gasteiger partial charge in [-0.3, -0.25) is 9.59 Å². The van der Waals surface area contributed by atoms with Crippen molar-refractivity contribution in [1.82, 2.24) is 10.1 Å². The number of carbonyl (C=O) groups is 2. The summed E-state index contributed by atoms with van der Waals surface area (Å²) in [6, 6.07) is 14.1. The minimum Gasteiger partial charge on any atom is -0.495 e. The molecule has 0 saturated carbocycles. The van der Waals surface area contributed by atoms with Crippen molar-refractivity contribution in [2.75, 3.05) is 26.5 Å². The normalized spacial score (nSPS) is 10.4. The summed E-state index contributed by atoms with van der Waals surface area (Å²) in [6.45, 7) is 1.99. The van der Waals surface area contributed by atoms with Crippen LogP contribution in [0, 0.1) is 6.92 Å². The van der Waals surface area contributed by atoms with Gasteiger partial charge in [-0.15, -0.1) is 0 Å². The highest BCUT2D eigenvalue weighted by Gasteiger charge is 2.18. The molecule has 144 valence electrons. The summed E-state index contributed by atoms with van der Waals surface area (Å²) in [4.78, 5) is 26.2. The molecule has 2 aromatic carbocycles. The Bertz CT molecular complexity index is 1010. The van der Waals surface area contributed by atoms with E-state index in [1.165, 1.54) is 12.0 Å². The zero-order valence-electron chi connectivity index (χ0n) is 16.1. The van der Waals surface area contributed by atoms with Gasteiger partial charge in [0, 0.05) is 31.3 Å². The number of anilines is 1. The van der Waals surface area contributed by atoms with E-state index in [-0.39, 0.29) is 11.7 Å². The molecule has 0 saturated heterocycles. The van der Waals surface area contributed by atoms with Gasteiger partial charge in [0.15, 0.2) is 0 Å². The van der Waals surface area contributed by atoms with Crippen molar-refractivity contribution in [2.24, 2.45) is 0 Å². The fourth-order valence-corrected chi connectivity index (χ4v) is 2.62. The first-order chi connectivity index (χ1) is 13.4. The second-order valence-corrected chi connectivity index (χ2v) is 6.51. The summed E-state index contributed by atoms with van der Waals surface area (Å²) in [5, 5.41) is 6.68. The van der Waals surface area contributed by atoms with Crippen LogP contribution in [-0.2, 0) is 0 Å². The molecule has 2 amide bonds. The maximum absolute atomic E-state index is 12.6. The van der Waals surface area contributed by atoms with Gasteiger partial charge in [0.25, 0.3) is 11.8 Å². The molecule has 1 heterocycles. The van der Waals surface area contributed by atoms with Crippen LogP contribution in [0.5, 0.6) is 5.75 Å². The molecule has 0 bridgehead atoms. The number of carbonyl (C=O) groups excluding carboxylic acids is 2. The average molecular weight is 379 g/mol. The fraction of sp³-hybridized carbons (Fsp3) is 0.190. The Kier molecular flexibility index (Phi) is 5.44. The van der Waals surface area contributed by atoms with Gasteiger partial charge in [0.05, 0.1) is 12.8 Å². The zero-order chi connectivity index (χ0) is 20.3. The maximum atomic E-state index is 12.6.